The molecule has 4 nitrogen and oxygen atoms in total. The van der Waals surface area contributed by atoms with Gasteiger partial charge in [0.1, 0.15) is 5.82 Å². The molecule has 0 bridgehead atoms. The molecule has 0 fully saturated rings. The van der Waals surface area contributed by atoms with Crippen LogP contribution in [0, 0.1) is 0 Å². The van der Waals surface area contributed by atoms with Crippen molar-refractivity contribution < 1.29 is 4.79 Å². The Labute approximate surface area is 159 Å². The molecule has 0 unspecified atom stereocenters. The lowest BCUT2D eigenvalue weighted by Crippen LogP contribution is -2.16. The zero-order valence-corrected chi connectivity index (χ0v) is 15.8. The Bertz CT molecular complexity index is 844. The standard InChI is InChI=1S/C19H17BrClN3O/c20-16-6-1-15(2-7-16)13-24-18(11-12-22-24)23-19(25)10-5-14-3-8-17(21)9-4-14/h1-4,6-9,11-12H,5,10,13H2,(H,23,25). The Morgan fingerprint density at radius 3 is 2.44 bits per heavy atom. The number of aryl methyl sites for hydroxylation is 1. The average molecular weight is 419 g/mol. The quantitative estimate of drug-likeness (QED) is 0.618. The van der Waals surface area contributed by atoms with Gasteiger partial charge < -0.3 is 5.32 Å². The predicted octanol–water partition coefficient (Wildman–Crippen LogP) is 4.92. The molecule has 0 aliphatic carbocycles. The van der Waals surface area contributed by atoms with Gasteiger partial charge in [-0.3, -0.25) is 4.79 Å². The summed E-state index contributed by atoms with van der Waals surface area (Å²) in [6.45, 7) is 0.604. The second kappa shape index (κ2) is 8.32. The Hall–Kier alpha value is -2.11. The van der Waals surface area contributed by atoms with E-state index in [-0.39, 0.29) is 5.91 Å². The van der Waals surface area contributed by atoms with Crippen LogP contribution < -0.4 is 5.32 Å². The highest BCUT2D eigenvalue weighted by Gasteiger charge is 2.08. The highest BCUT2D eigenvalue weighted by molar-refractivity contribution is 9.10. The summed E-state index contributed by atoms with van der Waals surface area (Å²) < 4.78 is 2.82. The van der Waals surface area contributed by atoms with Gasteiger partial charge >= 0.3 is 0 Å². The first-order chi connectivity index (χ1) is 12.1. The summed E-state index contributed by atoms with van der Waals surface area (Å²) in [5.74, 6) is 0.663. The molecule has 3 aromatic rings. The molecule has 0 saturated carbocycles. The molecule has 1 heterocycles. The summed E-state index contributed by atoms with van der Waals surface area (Å²) in [4.78, 5) is 12.2. The van der Waals surface area contributed by atoms with Crippen molar-refractivity contribution in [3.63, 3.8) is 0 Å². The lowest BCUT2D eigenvalue weighted by Gasteiger charge is -2.09. The van der Waals surface area contributed by atoms with Gasteiger partial charge in [-0.15, -0.1) is 0 Å². The van der Waals surface area contributed by atoms with Crippen LogP contribution in [0.1, 0.15) is 17.5 Å². The summed E-state index contributed by atoms with van der Waals surface area (Å²) in [5, 5.41) is 7.92. The first kappa shape index (κ1) is 17.7. The molecular weight excluding hydrogens is 402 g/mol. The number of nitrogens with zero attached hydrogens (tertiary/aromatic N) is 2. The molecule has 1 N–H and O–H groups in total. The van der Waals surface area contributed by atoms with E-state index in [1.54, 1.807) is 16.9 Å². The first-order valence-corrected chi connectivity index (χ1v) is 9.08. The van der Waals surface area contributed by atoms with Crippen molar-refractivity contribution in [1.29, 1.82) is 0 Å². The number of hydrogen-bond acceptors (Lipinski definition) is 2. The fourth-order valence-corrected chi connectivity index (χ4v) is 2.83. The van der Waals surface area contributed by atoms with E-state index in [0.717, 1.165) is 15.6 Å². The van der Waals surface area contributed by atoms with E-state index < -0.39 is 0 Å². The smallest absolute Gasteiger partial charge is 0.225 e. The molecule has 25 heavy (non-hydrogen) atoms. The van der Waals surface area contributed by atoms with Crippen LogP contribution in [0.15, 0.2) is 65.3 Å². The molecule has 0 spiro atoms. The van der Waals surface area contributed by atoms with Crippen molar-refractivity contribution in [2.75, 3.05) is 5.32 Å². The molecule has 0 saturated heterocycles. The van der Waals surface area contributed by atoms with Crippen molar-refractivity contribution in [1.82, 2.24) is 9.78 Å². The average Bonchev–Trinajstić information content (AvgIpc) is 3.03. The second-order valence-corrected chi connectivity index (χ2v) is 7.03. The Kier molecular flexibility index (Phi) is 5.89. The third-order valence-electron chi connectivity index (χ3n) is 3.78. The fraction of sp³-hybridized carbons (Fsp3) is 0.158. The minimum atomic E-state index is -0.0347. The molecule has 1 amide bonds. The molecule has 6 heteroatoms. The largest absolute Gasteiger partial charge is 0.311 e. The van der Waals surface area contributed by atoms with E-state index in [4.69, 9.17) is 11.6 Å². The van der Waals surface area contributed by atoms with Crippen LogP contribution in [-0.4, -0.2) is 15.7 Å². The molecular formula is C19H17BrClN3O. The maximum absolute atomic E-state index is 12.2. The number of halogens is 2. The summed E-state index contributed by atoms with van der Waals surface area (Å²) in [5.41, 5.74) is 2.20. The number of benzene rings is 2. The predicted molar refractivity (Wildman–Crippen MR) is 104 cm³/mol. The van der Waals surface area contributed by atoms with Crippen LogP contribution in [0.4, 0.5) is 5.82 Å². The Morgan fingerprint density at radius 1 is 1.04 bits per heavy atom. The van der Waals surface area contributed by atoms with Gasteiger partial charge in [0.25, 0.3) is 0 Å². The van der Waals surface area contributed by atoms with Crippen molar-refractivity contribution >= 4 is 39.3 Å². The number of hydrogen-bond donors (Lipinski definition) is 1. The van der Waals surface area contributed by atoms with E-state index in [2.05, 4.69) is 26.3 Å². The first-order valence-electron chi connectivity index (χ1n) is 7.91. The SMILES string of the molecule is O=C(CCc1ccc(Cl)cc1)Nc1ccnn1Cc1ccc(Br)cc1. The van der Waals surface area contributed by atoms with Crippen molar-refractivity contribution in [3.05, 3.63) is 81.4 Å². The number of anilines is 1. The summed E-state index contributed by atoms with van der Waals surface area (Å²) in [7, 11) is 0. The van der Waals surface area contributed by atoms with Gasteiger partial charge in [-0.1, -0.05) is 51.8 Å². The van der Waals surface area contributed by atoms with Crippen LogP contribution in [0.2, 0.25) is 5.02 Å². The highest BCUT2D eigenvalue weighted by Crippen LogP contribution is 2.15. The molecule has 0 aliphatic rings. The molecule has 1 aromatic heterocycles. The van der Waals surface area contributed by atoms with Gasteiger partial charge in [0.05, 0.1) is 12.7 Å². The third-order valence-corrected chi connectivity index (χ3v) is 4.56. The maximum Gasteiger partial charge on any atom is 0.225 e. The topological polar surface area (TPSA) is 46.9 Å². The number of rotatable bonds is 6. The van der Waals surface area contributed by atoms with Gasteiger partial charge in [0, 0.05) is 22.0 Å². The fourth-order valence-electron chi connectivity index (χ4n) is 2.44. The highest BCUT2D eigenvalue weighted by atomic mass is 79.9. The molecule has 0 radical (unpaired) electrons. The summed E-state index contributed by atoms with van der Waals surface area (Å²) in [6, 6.07) is 17.4. The lowest BCUT2D eigenvalue weighted by molar-refractivity contribution is -0.116. The van der Waals surface area contributed by atoms with Crippen molar-refractivity contribution in [2.24, 2.45) is 0 Å². The zero-order chi connectivity index (χ0) is 17.6. The van der Waals surface area contributed by atoms with Crippen LogP contribution >= 0.6 is 27.5 Å². The van der Waals surface area contributed by atoms with Crippen molar-refractivity contribution in [3.8, 4) is 0 Å². The monoisotopic (exact) mass is 417 g/mol. The van der Waals surface area contributed by atoms with Gasteiger partial charge in [-0.2, -0.15) is 5.10 Å². The van der Waals surface area contributed by atoms with Crippen molar-refractivity contribution in [2.45, 2.75) is 19.4 Å². The van der Waals surface area contributed by atoms with E-state index >= 15 is 0 Å². The number of nitrogens with one attached hydrogen (secondary N) is 1. The number of carbonyl (C=O) groups excluding carboxylic acids is 1. The molecule has 128 valence electrons. The number of amides is 1. The number of aromatic nitrogens is 2. The van der Waals surface area contributed by atoms with Crippen LogP contribution in [-0.2, 0) is 17.8 Å². The van der Waals surface area contributed by atoms with E-state index in [1.807, 2.05) is 48.5 Å². The van der Waals surface area contributed by atoms with E-state index in [1.165, 1.54) is 0 Å². The summed E-state index contributed by atoms with van der Waals surface area (Å²) >= 11 is 9.29. The second-order valence-electron chi connectivity index (χ2n) is 5.68. The van der Waals surface area contributed by atoms with Gasteiger partial charge in [-0.25, -0.2) is 4.68 Å². The maximum atomic E-state index is 12.2. The summed E-state index contributed by atoms with van der Waals surface area (Å²) in [6.07, 6.45) is 2.77. The minimum Gasteiger partial charge on any atom is -0.311 e. The van der Waals surface area contributed by atoms with Crippen LogP contribution in [0.3, 0.4) is 0 Å². The lowest BCUT2D eigenvalue weighted by atomic mass is 10.1. The van der Waals surface area contributed by atoms with Gasteiger partial charge in [0.15, 0.2) is 0 Å². The normalized spacial score (nSPS) is 10.6. The molecule has 0 atom stereocenters. The van der Waals surface area contributed by atoms with Gasteiger partial charge in [-0.05, 0) is 41.8 Å². The minimum absolute atomic E-state index is 0.0347. The van der Waals surface area contributed by atoms with Gasteiger partial charge in [0.2, 0.25) is 5.91 Å². The van der Waals surface area contributed by atoms with E-state index in [9.17, 15) is 4.79 Å². The van der Waals surface area contributed by atoms with Crippen LogP contribution in [0.5, 0.6) is 0 Å². The molecule has 0 aliphatic heterocycles. The zero-order valence-electron chi connectivity index (χ0n) is 13.5. The number of carbonyl (C=O) groups is 1. The third kappa shape index (κ3) is 5.18. The molecule has 2 aromatic carbocycles. The molecule has 3 rings (SSSR count). The Morgan fingerprint density at radius 2 is 1.72 bits per heavy atom. The van der Waals surface area contributed by atoms with E-state index in [0.29, 0.717) is 30.2 Å². The van der Waals surface area contributed by atoms with Crippen LogP contribution in [0.25, 0.3) is 0 Å². The Balaban J connectivity index is 1.57.